The second-order valence-corrected chi connectivity index (χ2v) is 4.85. The zero-order chi connectivity index (χ0) is 15.4. The molecule has 0 aliphatic heterocycles. The molecule has 0 atom stereocenters. The van der Waals surface area contributed by atoms with E-state index >= 15 is 0 Å². The smallest absolute Gasteiger partial charge is 0.143 e. The first-order valence-electron chi connectivity index (χ1n) is 5.99. The van der Waals surface area contributed by atoms with Gasteiger partial charge >= 0.3 is 0 Å². The third kappa shape index (κ3) is 2.49. The summed E-state index contributed by atoms with van der Waals surface area (Å²) in [7, 11) is 1.54. The van der Waals surface area contributed by atoms with Gasteiger partial charge in [0.15, 0.2) is 0 Å². The number of rotatable bonds is 3. The van der Waals surface area contributed by atoms with E-state index in [1.54, 1.807) is 18.4 Å². The van der Waals surface area contributed by atoms with Crippen molar-refractivity contribution in [2.75, 3.05) is 19.1 Å². The van der Waals surface area contributed by atoms with Gasteiger partial charge in [-0.3, -0.25) is 0 Å². The topological polar surface area (TPSA) is 95.7 Å². The fourth-order valence-electron chi connectivity index (χ4n) is 2.07. The number of hydrogen-bond acceptors (Lipinski definition) is 6. The van der Waals surface area contributed by atoms with Gasteiger partial charge < -0.3 is 10.5 Å². The predicted molar refractivity (Wildman–Crippen MR) is 81.8 cm³/mol. The Hall–Kier alpha value is -2.70. The van der Waals surface area contributed by atoms with Crippen LogP contribution >= 0.6 is 11.8 Å². The molecule has 1 heterocycles. The molecule has 2 aromatic rings. The van der Waals surface area contributed by atoms with Crippen molar-refractivity contribution in [3.8, 4) is 29.0 Å². The molecule has 0 radical (unpaired) electrons. The van der Waals surface area contributed by atoms with Crippen LogP contribution in [0, 0.1) is 22.7 Å². The van der Waals surface area contributed by atoms with Crippen molar-refractivity contribution in [3.05, 3.63) is 35.4 Å². The van der Waals surface area contributed by atoms with Crippen LogP contribution in [0.2, 0.25) is 0 Å². The summed E-state index contributed by atoms with van der Waals surface area (Å²) in [5.74, 6) is 0.685. The summed E-state index contributed by atoms with van der Waals surface area (Å²) in [5.41, 5.74) is 7.50. The number of nitrogens with two attached hydrogens (primary N) is 1. The molecular formula is C15H12N4OS. The van der Waals surface area contributed by atoms with Crippen LogP contribution in [0.4, 0.5) is 5.82 Å². The van der Waals surface area contributed by atoms with Crippen LogP contribution < -0.4 is 10.5 Å². The largest absolute Gasteiger partial charge is 0.496 e. The summed E-state index contributed by atoms with van der Waals surface area (Å²) in [6.45, 7) is 0. The maximum atomic E-state index is 9.47. The highest BCUT2D eigenvalue weighted by Gasteiger charge is 2.21. The number of nitrogen functional groups attached to an aromatic ring is 1. The molecule has 104 valence electrons. The SMILES string of the molecule is COc1ccccc1-c1c(C#N)c(N)nc(SC)c1C#N. The lowest BCUT2D eigenvalue weighted by molar-refractivity contribution is 0.416. The quantitative estimate of drug-likeness (QED) is 0.875. The molecule has 1 aromatic heterocycles. The minimum atomic E-state index is 0.113. The Morgan fingerprint density at radius 2 is 1.86 bits per heavy atom. The number of ether oxygens (including phenoxy) is 1. The van der Waals surface area contributed by atoms with Gasteiger partial charge in [-0.15, -0.1) is 11.8 Å². The molecule has 0 aliphatic carbocycles. The van der Waals surface area contributed by atoms with Crippen molar-refractivity contribution < 1.29 is 4.74 Å². The average Bonchev–Trinajstić information content (AvgIpc) is 2.53. The minimum absolute atomic E-state index is 0.113. The normalized spacial score (nSPS) is 9.71. The second-order valence-electron chi connectivity index (χ2n) is 4.06. The highest BCUT2D eigenvalue weighted by atomic mass is 32.2. The molecule has 0 fully saturated rings. The van der Waals surface area contributed by atoms with Crippen molar-refractivity contribution in [1.29, 1.82) is 10.5 Å². The van der Waals surface area contributed by atoms with Gasteiger partial charge in [-0.25, -0.2) is 4.98 Å². The van der Waals surface area contributed by atoms with Crippen molar-refractivity contribution >= 4 is 17.6 Å². The van der Waals surface area contributed by atoms with Crippen molar-refractivity contribution in [1.82, 2.24) is 4.98 Å². The van der Waals surface area contributed by atoms with E-state index < -0.39 is 0 Å². The Kier molecular flexibility index (Phi) is 4.32. The maximum absolute atomic E-state index is 9.47. The summed E-state index contributed by atoms with van der Waals surface area (Å²) in [4.78, 5) is 4.13. The molecule has 2 rings (SSSR count). The number of nitrogens with zero attached hydrogens (tertiary/aromatic N) is 3. The summed E-state index contributed by atoms with van der Waals surface area (Å²) in [6, 6.07) is 11.4. The van der Waals surface area contributed by atoms with Crippen LogP contribution in [0.15, 0.2) is 29.3 Å². The lowest BCUT2D eigenvalue weighted by Gasteiger charge is -2.14. The number of pyridine rings is 1. The summed E-state index contributed by atoms with van der Waals surface area (Å²) in [6.07, 6.45) is 1.81. The van der Waals surface area contributed by atoms with Crippen LogP contribution in [0.25, 0.3) is 11.1 Å². The van der Waals surface area contributed by atoms with Gasteiger partial charge in [0, 0.05) is 11.1 Å². The molecule has 5 nitrogen and oxygen atoms in total. The van der Waals surface area contributed by atoms with Crippen LogP contribution in [-0.2, 0) is 0 Å². The molecule has 0 saturated carbocycles. The standard InChI is InChI=1S/C15H12N4OS/c1-20-12-6-4-3-5-9(12)13-10(7-16)14(18)19-15(21-2)11(13)8-17/h3-6H,1-2H3,(H2,18,19). The molecule has 0 saturated heterocycles. The van der Waals surface area contributed by atoms with Crippen LogP contribution in [0.5, 0.6) is 5.75 Å². The van der Waals surface area contributed by atoms with Gasteiger partial charge in [-0.1, -0.05) is 18.2 Å². The van der Waals surface area contributed by atoms with Gasteiger partial charge in [0.2, 0.25) is 0 Å². The van der Waals surface area contributed by atoms with Crippen molar-refractivity contribution in [2.24, 2.45) is 0 Å². The van der Waals surface area contributed by atoms with E-state index in [4.69, 9.17) is 10.5 Å². The van der Waals surface area contributed by atoms with Crippen LogP contribution in [0.1, 0.15) is 11.1 Å². The molecule has 0 amide bonds. The highest BCUT2D eigenvalue weighted by Crippen LogP contribution is 2.39. The molecule has 21 heavy (non-hydrogen) atoms. The van der Waals surface area contributed by atoms with Gasteiger partial charge in [0.05, 0.1) is 12.7 Å². The highest BCUT2D eigenvalue weighted by molar-refractivity contribution is 7.98. The number of thioether (sulfide) groups is 1. The Balaban J connectivity index is 2.93. The number of nitriles is 2. The van der Waals surface area contributed by atoms with E-state index in [2.05, 4.69) is 11.1 Å². The molecule has 0 bridgehead atoms. The molecule has 1 aromatic carbocycles. The van der Waals surface area contributed by atoms with E-state index in [9.17, 15) is 10.5 Å². The van der Waals surface area contributed by atoms with E-state index in [1.165, 1.54) is 18.9 Å². The number of hydrogen-bond donors (Lipinski definition) is 1. The van der Waals surface area contributed by atoms with Crippen LogP contribution in [-0.4, -0.2) is 18.3 Å². The zero-order valence-corrected chi connectivity index (χ0v) is 12.4. The maximum Gasteiger partial charge on any atom is 0.143 e. The van der Waals surface area contributed by atoms with Gasteiger partial charge in [0.25, 0.3) is 0 Å². The first-order chi connectivity index (χ1) is 10.2. The van der Waals surface area contributed by atoms with Crippen LogP contribution in [0.3, 0.4) is 0 Å². The van der Waals surface area contributed by atoms with Gasteiger partial charge in [-0.2, -0.15) is 10.5 Å². The molecule has 0 unspecified atom stereocenters. The van der Waals surface area contributed by atoms with E-state index in [0.29, 0.717) is 27.5 Å². The van der Waals surface area contributed by atoms with E-state index in [-0.39, 0.29) is 11.4 Å². The Bertz CT molecular complexity index is 774. The number of aromatic nitrogens is 1. The number of benzene rings is 1. The molecular weight excluding hydrogens is 284 g/mol. The Morgan fingerprint density at radius 3 is 2.43 bits per heavy atom. The molecule has 2 N–H and O–H groups in total. The number of methoxy groups -OCH3 is 1. The third-order valence-corrected chi connectivity index (χ3v) is 3.67. The Morgan fingerprint density at radius 1 is 1.19 bits per heavy atom. The molecule has 0 spiro atoms. The van der Waals surface area contributed by atoms with Gasteiger partial charge in [0.1, 0.15) is 34.3 Å². The Labute approximate surface area is 127 Å². The molecule has 6 heteroatoms. The molecule has 0 aliphatic rings. The van der Waals surface area contributed by atoms with E-state index in [0.717, 1.165) is 0 Å². The monoisotopic (exact) mass is 296 g/mol. The summed E-state index contributed by atoms with van der Waals surface area (Å²) >= 11 is 1.31. The first kappa shape index (κ1) is 14.7. The van der Waals surface area contributed by atoms with Crippen molar-refractivity contribution in [3.63, 3.8) is 0 Å². The van der Waals surface area contributed by atoms with Crippen molar-refractivity contribution in [2.45, 2.75) is 5.03 Å². The summed E-state index contributed by atoms with van der Waals surface area (Å²) in [5, 5.41) is 19.3. The fraction of sp³-hybridized carbons (Fsp3) is 0.133. The van der Waals surface area contributed by atoms with Gasteiger partial charge in [-0.05, 0) is 12.3 Å². The third-order valence-electron chi connectivity index (χ3n) is 2.99. The predicted octanol–water partition coefficient (Wildman–Crippen LogP) is 2.80. The number of anilines is 1. The first-order valence-corrected chi connectivity index (χ1v) is 7.21. The fourth-order valence-corrected chi connectivity index (χ4v) is 2.61. The average molecular weight is 296 g/mol. The lowest BCUT2D eigenvalue weighted by atomic mass is 9.96. The lowest BCUT2D eigenvalue weighted by Crippen LogP contribution is -2.03. The number of para-hydroxylation sites is 1. The summed E-state index contributed by atoms with van der Waals surface area (Å²) < 4.78 is 5.33. The zero-order valence-electron chi connectivity index (χ0n) is 11.5. The second kappa shape index (κ2) is 6.17. The van der Waals surface area contributed by atoms with E-state index in [1.807, 2.05) is 18.2 Å². The minimum Gasteiger partial charge on any atom is -0.496 e.